The van der Waals surface area contributed by atoms with Crippen LogP contribution in [0.3, 0.4) is 0 Å². The molecule has 0 aliphatic heterocycles. The Morgan fingerprint density at radius 2 is 2.17 bits per heavy atom. The lowest BCUT2D eigenvalue weighted by Gasteiger charge is -2.08. The Morgan fingerprint density at radius 3 is 2.96 bits per heavy atom. The molecule has 0 unspecified atom stereocenters. The van der Waals surface area contributed by atoms with Crippen LogP contribution >= 0.6 is 0 Å². The Bertz CT molecular complexity index is 926. The molecule has 1 amide bonds. The predicted molar refractivity (Wildman–Crippen MR) is 88.0 cm³/mol. The van der Waals surface area contributed by atoms with Crippen LogP contribution in [0.5, 0.6) is 0 Å². The molecule has 3 rings (SSSR count). The smallest absolute Gasteiger partial charge is 0.249 e. The maximum Gasteiger partial charge on any atom is 0.249 e. The van der Waals surface area contributed by atoms with Crippen molar-refractivity contribution in [3.8, 4) is 17.2 Å². The molecule has 7 nitrogen and oxygen atoms in total. The van der Waals surface area contributed by atoms with Crippen molar-refractivity contribution in [3.63, 3.8) is 0 Å². The van der Waals surface area contributed by atoms with E-state index >= 15 is 0 Å². The van der Waals surface area contributed by atoms with Gasteiger partial charge in [-0.1, -0.05) is 24.3 Å². The molecule has 0 saturated heterocycles. The van der Waals surface area contributed by atoms with Gasteiger partial charge in [0.05, 0.1) is 12.7 Å². The Balaban J connectivity index is 1.95. The van der Waals surface area contributed by atoms with Crippen LogP contribution in [0.1, 0.15) is 12.0 Å². The highest BCUT2D eigenvalue weighted by Gasteiger charge is 2.10. The van der Waals surface area contributed by atoms with Gasteiger partial charge in [0.15, 0.2) is 5.65 Å². The Labute approximate surface area is 138 Å². The van der Waals surface area contributed by atoms with Crippen LogP contribution in [-0.2, 0) is 16.1 Å². The standard InChI is InChI=1S/C17H15N5O2/c1-24-11-13-4-2-3-5-14(13)12-6-7-15-19-17(21-22(15)10-12)20-16(23)8-9-18/h2-7,10H,8,11H2,1H3,(H,20,21,23). The summed E-state index contributed by atoms with van der Waals surface area (Å²) in [6.45, 7) is 0.515. The third-order valence-corrected chi connectivity index (χ3v) is 3.45. The van der Waals surface area contributed by atoms with Gasteiger partial charge in [0, 0.05) is 18.9 Å². The van der Waals surface area contributed by atoms with Crippen molar-refractivity contribution in [3.05, 3.63) is 48.2 Å². The van der Waals surface area contributed by atoms with Crippen molar-refractivity contribution in [2.45, 2.75) is 13.0 Å². The molecule has 0 atom stereocenters. The number of hydrogen-bond acceptors (Lipinski definition) is 5. The molecule has 0 bridgehead atoms. The number of carbonyl (C=O) groups is 1. The molecule has 0 spiro atoms. The molecule has 24 heavy (non-hydrogen) atoms. The second-order valence-electron chi connectivity index (χ2n) is 5.13. The number of fused-ring (bicyclic) bond motifs is 1. The van der Waals surface area contributed by atoms with Gasteiger partial charge in [-0.05, 0) is 23.3 Å². The van der Waals surface area contributed by atoms with E-state index in [0.29, 0.717) is 12.3 Å². The molecular weight excluding hydrogens is 306 g/mol. The summed E-state index contributed by atoms with van der Waals surface area (Å²) < 4.78 is 6.84. The highest BCUT2D eigenvalue weighted by Crippen LogP contribution is 2.24. The largest absolute Gasteiger partial charge is 0.380 e. The van der Waals surface area contributed by atoms with Crippen molar-refractivity contribution < 1.29 is 9.53 Å². The van der Waals surface area contributed by atoms with E-state index < -0.39 is 5.91 Å². The fourth-order valence-corrected chi connectivity index (χ4v) is 2.42. The van der Waals surface area contributed by atoms with Crippen LogP contribution in [0.25, 0.3) is 16.8 Å². The number of pyridine rings is 1. The first kappa shape index (κ1) is 15.6. The van der Waals surface area contributed by atoms with E-state index in [-0.39, 0.29) is 12.4 Å². The first-order chi connectivity index (χ1) is 11.7. The molecule has 3 aromatic rings. The van der Waals surface area contributed by atoms with E-state index in [4.69, 9.17) is 10.00 Å². The summed E-state index contributed by atoms with van der Waals surface area (Å²) >= 11 is 0. The number of amides is 1. The van der Waals surface area contributed by atoms with Gasteiger partial charge in [0.1, 0.15) is 6.42 Å². The van der Waals surface area contributed by atoms with Gasteiger partial charge in [-0.2, -0.15) is 10.2 Å². The summed E-state index contributed by atoms with van der Waals surface area (Å²) in [5.74, 6) is -0.253. The van der Waals surface area contributed by atoms with Crippen molar-refractivity contribution in [2.75, 3.05) is 12.4 Å². The van der Waals surface area contributed by atoms with Crippen LogP contribution in [0, 0.1) is 11.3 Å². The topological polar surface area (TPSA) is 92.3 Å². The maximum atomic E-state index is 11.5. The third-order valence-electron chi connectivity index (χ3n) is 3.45. The molecule has 2 heterocycles. The van der Waals surface area contributed by atoms with Gasteiger partial charge < -0.3 is 4.74 Å². The number of benzene rings is 1. The van der Waals surface area contributed by atoms with E-state index in [0.717, 1.165) is 16.7 Å². The number of rotatable bonds is 5. The average Bonchev–Trinajstić information content (AvgIpc) is 2.97. The monoisotopic (exact) mass is 321 g/mol. The van der Waals surface area contributed by atoms with E-state index in [1.54, 1.807) is 17.7 Å². The van der Waals surface area contributed by atoms with Crippen molar-refractivity contribution in [1.29, 1.82) is 5.26 Å². The molecule has 2 aromatic heterocycles. The molecule has 120 valence electrons. The number of anilines is 1. The lowest BCUT2D eigenvalue weighted by Crippen LogP contribution is -2.11. The fourth-order valence-electron chi connectivity index (χ4n) is 2.42. The molecular formula is C17H15N5O2. The normalized spacial score (nSPS) is 10.5. The van der Waals surface area contributed by atoms with Crippen LogP contribution in [0.2, 0.25) is 0 Å². The average molecular weight is 321 g/mol. The summed E-state index contributed by atoms with van der Waals surface area (Å²) in [5.41, 5.74) is 3.69. The first-order valence-electron chi connectivity index (χ1n) is 7.31. The summed E-state index contributed by atoms with van der Waals surface area (Å²) in [6, 6.07) is 13.5. The SMILES string of the molecule is COCc1ccccc1-c1ccc2nc(NC(=O)CC#N)nn2c1. The molecule has 0 saturated carbocycles. The van der Waals surface area contributed by atoms with E-state index in [1.807, 2.05) is 42.6 Å². The number of methoxy groups -OCH3 is 1. The molecule has 0 fully saturated rings. The van der Waals surface area contributed by atoms with Crippen molar-refractivity contribution in [2.24, 2.45) is 0 Å². The molecule has 7 heteroatoms. The summed E-state index contributed by atoms with van der Waals surface area (Å²) in [4.78, 5) is 15.7. The fraction of sp³-hybridized carbons (Fsp3) is 0.176. The zero-order chi connectivity index (χ0) is 16.9. The third kappa shape index (κ3) is 3.24. The molecule has 0 radical (unpaired) electrons. The zero-order valence-electron chi connectivity index (χ0n) is 13.1. The number of nitrogens with one attached hydrogen (secondary N) is 1. The Hall–Kier alpha value is -3.24. The van der Waals surface area contributed by atoms with Crippen molar-refractivity contribution >= 4 is 17.5 Å². The lowest BCUT2D eigenvalue weighted by molar-refractivity contribution is -0.115. The summed E-state index contributed by atoms with van der Waals surface area (Å²) in [5, 5.41) is 15.2. The number of aromatic nitrogens is 3. The lowest BCUT2D eigenvalue weighted by atomic mass is 10.0. The van der Waals surface area contributed by atoms with Crippen LogP contribution in [0.15, 0.2) is 42.6 Å². The van der Waals surface area contributed by atoms with Crippen LogP contribution in [0.4, 0.5) is 5.95 Å². The Morgan fingerprint density at radius 1 is 1.33 bits per heavy atom. The number of nitriles is 1. The van der Waals surface area contributed by atoms with Gasteiger partial charge in [-0.3, -0.25) is 10.1 Å². The van der Waals surface area contributed by atoms with E-state index in [1.165, 1.54) is 0 Å². The molecule has 0 aliphatic rings. The summed E-state index contributed by atoms with van der Waals surface area (Å²) in [7, 11) is 1.66. The second kappa shape index (κ2) is 6.89. The maximum absolute atomic E-state index is 11.5. The van der Waals surface area contributed by atoms with Crippen LogP contribution < -0.4 is 5.32 Å². The van der Waals surface area contributed by atoms with Gasteiger partial charge in [-0.25, -0.2) is 4.52 Å². The first-order valence-corrected chi connectivity index (χ1v) is 7.31. The minimum Gasteiger partial charge on any atom is -0.380 e. The quantitative estimate of drug-likeness (QED) is 0.779. The zero-order valence-corrected chi connectivity index (χ0v) is 13.1. The van der Waals surface area contributed by atoms with Crippen LogP contribution in [-0.4, -0.2) is 27.6 Å². The van der Waals surface area contributed by atoms with E-state index in [2.05, 4.69) is 15.4 Å². The number of carbonyl (C=O) groups excluding carboxylic acids is 1. The van der Waals surface area contributed by atoms with Gasteiger partial charge in [0.25, 0.3) is 0 Å². The molecule has 0 aliphatic carbocycles. The number of hydrogen-bond donors (Lipinski definition) is 1. The van der Waals surface area contributed by atoms with Crippen molar-refractivity contribution in [1.82, 2.24) is 14.6 Å². The summed E-state index contributed by atoms with van der Waals surface area (Å²) in [6.07, 6.45) is 1.61. The second-order valence-corrected chi connectivity index (χ2v) is 5.13. The highest BCUT2D eigenvalue weighted by molar-refractivity contribution is 5.90. The van der Waals surface area contributed by atoms with E-state index in [9.17, 15) is 4.79 Å². The minimum absolute atomic E-state index is 0.178. The number of nitrogens with zero attached hydrogens (tertiary/aromatic N) is 4. The number of ether oxygens (including phenoxy) is 1. The Kier molecular flexibility index (Phi) is 4.50. The van der Waals surface area contributed by atoms with Gasteiger partial charge in [-0.15, -0.1) is 5.10 Å². The van der Waals surface area contributed by atoms with Gasteiger partial charge >= 0.3 is 0 Å². The predicted octanol–water partition coefficient (Wildman–Crippen LogP) is 2.39. The van der Waals surface area contributed by atoms with Gasteiger partial charge in [0.2, 0.25) is 11.9 Å². The minimum atomic E-state index is -0.431. The molecule has 1 aromatic carbocycles. The molecule has 1 N–H and O–H groups in total. The highest BCUT2D eigenvalue weighted by atomic mass is 16.5.